The van der Waals surface area contributed by atoms with Crippen molar-refractivity contribution in [3.8, 4) is 0 Å². The molecular weight excluding hydrogens is 216 g/mol. The summed E-state index contributed by atoms with van der Waals surface area (Å²) in [6.45, 7) is 6.03. The van der Waals surface area contributed by atoms with Crippen LogP contribution in [0.3, 0.4) is 0 Å². The van der Waals surface area contributed by atoms with Gasteiger partial charge in [0.1, 0.15) is 6.10 Å². The van der Waals surface area contributed by atoms with Gasteiger partial charge in [-0.25, -0.2) is 0 Å². The molecule has 2 atom stereocenters. The van der Waals surface area contributed by atoms with Gasteiger partial charge in [0.15, 0.2) is 0 Å². The number of nitrogens with one attached hydrogen (secondary N) is 2. The Morgan fingerprint density at radius 3 is 3.24 bits per heavy atom. The Morgan fingerprint density at radius 2 is 2.47 bits per heavy atom. The van der Waals surface area contributed by atoms with E-state index in [0.29, 0.717) is 6.04 Å². The number of aromatic amines is 1. The predicted octanol–water partition coefficient (Wildman–Crippen LogP) is 0.976. The molecule has 1 unspecified atom stereocenters. The maximum Gasteiger partial charge on any atom is 0.102 e. The van der Waals surface area contributed by atoms with Gasteiger partial charge in [0.2, 0.25) is 0 Å². The Hall–Kier alpha value is -1.20. The maximum absolute atomic E-state index is 5.70. The van der Waals surface area contributed by atoms with E-state index in [9.17, 15) is 0 Å². The van der Waals surface area contributed by atoms with E-state index in [1.54, 1.807) is 0 Å². The highest BCUT2D eigenvalue weighted by molar-refractivity contribution is 5.31. The van der Waals surface area contributed by atoms with E-state index >= 15 is 0 Å². The van der Waals surface area contributed by atoms with E-state index in [2.05, 4.69) is 27.2 Å². The largest absolute Gasteiger partial charge is 0.372 e. The van der Waals surface area contributed by atoms with Crippen LogP contribution in [0.5, 0.6) is 0 Å². The Morgan fingerprint density at radius 1 is 1.53 bits per heavy atom. The fourth-order valence-electron chi connectivity index (χ4n) is 2.69. The molecule has 0 aromatic carbocycles. The maximum atomic E-state index is 5.70. The topological polar surface area (TPSA) is 62.3 Å². The zero-order chi connectivity index (χ0) is 11.7. The fraction of sp³-hybridized carbons (Fsp3) is 0.667. The third kappa shape index (κ3) is 2.00. The minimum atomic E-state index is 0.200. The van der Waals surface area contributed by atoms with E-state index < -0.39 is 0 Å². The molecule has 2 aliphatic heterocycles. The van der Waals surface area contributed by atoms with Gasteiger partial charge in [0, 0.05) is 36.9 Å². The molecule has 1 fully saturated rings. The SMILES string of the molecule is C=NC[C@H]1Cc2[nH]nc(C3CCCO3)c2CN1. The summed E-state index contributed by atoms with van der Waals surface area (Å²) < 4.78 is 5.70. The van der Waals surface area contributed by atoms with Crippen LogP contribution in [0.1, 0.15) is 35.9 Å². The predicted molar refractivity (Wildman–Crippen MR) is 65.3 cm³/mol. The normalized spacial score (nSPS) is 28.0. The Kier molecular flexibility index (Phi) is 2.94. The van der Waals surface area contributed by atoms with Crippen molar-refractivity contribution in [3.63, 3.8) is 0 Å². The van der Waals surface area contributed by atoms with E-state index in [0.717, 1.165) is 44.7 Å². The van der Waals surface area contributed by atoms with E-state index in [-0.39, 0.29) is 6.10 Å². The van der Waals surface area contributed by atoms with Crippen molar-refractivity contribution in [1.29, 1.82) is 0 Å². The third-order valence-corrected chi connectivity index (χ3v) is 3.59. The highest BCUT2D eigenvalue weighted by Gasteiger charge is 2.28. The number of hydrogen-bond donors (Lipinski definition) is 2. The molecule has 0 amide bonds. The quantitative estimate of drug-likeness (QED) is 0.766. The molecule has 2 aliphatic rings. The number of H-pyrrole nitrogens is 1. The first-order chi connectivity index (χ1) is 8.38. The Balaban J connectivity index is 1.79. The monoisotopic (exact) mass is 234 g/mol. The molecule has 0 aliphatic carbocycles. The Bertz CT molecular complexity index is 409. The van der Waals surface area contributed by atoms with Gasteiger partial charge in [0.25, 0.3) is 0 Å². The number of fused-ring (bicyclic) bond motifs is 1. The number of aliphatic imine (C=N–C) groups is 1. The molecule has 1 aromatic heterocycles. The molecule has 92 valence electrons. The average molecular weight is 234 g/mol. The van der Waals surface area contributed by atoms with E-state index in [4.69, 9.17) is 4.74 Å². The van der Waals surface area contributed by atoms with Crippen molar-refractivity contribution in [2.75, 3.05) is 13.2 Å². The van der Waals surface area contributed by atoms with Gasteiger partial charge in [-0.1, -0.05) is 0 Å². The second-order valence-electron chi connectivity index (χ2n) is 4.76. The Labute approximate surface area is 101 Å². The van der Waals surface area contributed by atoms with Crippen LogP contribution >= 0.6 is 0 Å². The number of hydrogen-bond acceptors (Lipinski definition) is 4. The molecule has 17 heavy (non-hydrogen) atoms. The summed E-state index contributed by atoms with van der Waals surface area (Å²) in [6, 6.07) is 0.387. The van der Waals surface area contributed by atoms with Gasteiger partial charge in [-0.2, -0.15) is 5.10 Å². The summed E-state index contributed by atoms with van der Waals surface area (Å²) in [4.78, 5) is 3.95. The highest BCUT2D eigenvalue weighted by atomic mass is 16.5. The lowest BCUT2D eigenvalue weighted by atomic mass is 9.98. The second-order valence-corrected chi connectivity index (χ2v) is 4.76. The van der Waals surface area contributed by atoms with Crippen LogP contribution in [0.15, 0.2) is 4.99 Å². The standard InChI is InChI=1S/C12H18N4O/c1-13-6-8-5-10-9(7-14-8)12(16-15-10)11-3-2-4-17-11/h8,11,14H,1-7H2,(H,15,16)/t8-,11?/m1/s1. The summed E-state index contributed by atoms with van der Waals surface area (Å²) in [6.07, 6.45) is 3.39. The first kappa shape index (κ1) is 10.9. The molecule has 0 radical (unpaired) electrons. The average Bonchev–Trinajstić information content (AvgIpc) is 2.96. The van der Waals surface area contributed by atoms with Crippen molar-refractivity contribution < 1.29 is 4.74 Å². The zero-order valence-electron chi connectivity index (χ0n) is 9.91. The molecular formula is C12H18N4O. The minimum absolute atomic E-state index is 0.200. The molecule has 5 nitrogen and oxygen atoms in total. The van der Waals surface area contributed by atoms with Crippen LogP contribution < -0.4 is 5.32 Å². The number of aromatic nitrogens is 2. The lowest BCUT2D eigenvalue weighted by Crippen LogP contribution is -2.37. The minimum Gasteiger partial charge on any atom is -0.372 e. The summed E-state index contributed by atoms with van der Waals surface area (Å²) in [5.74, 6) is 0. The van der Waals surface area contributed by atoms with Gasteiger partial charge in [-0.3, -0.25) is 10.1 Å². The van der Waals surface area contributed by atoms with Gasteiger partial charge < -0.3 is 10.1 Å². The van der Waals surface area contributed by atoms with Crippen molar-refractivity contribution in [3.05, 3.63) is 17.0 Å². The molecule has 1 aromatic rings. The van der Waals surface area contributed by atoms with Crippen molar-refractivity contribution in [2.24, 2.45) is 4.99 Å². The van der Waals surface area contributed by atoms with Gasteiger partial charge in [0.05, 0.1) is 12.2 Å². The van der Waals surface area contributed by atoms with Crippen LogP contribution in [0.25, 0.3) is 0 Å². The highest BCUT2D eigenvalue weighted by Crippen LogP contribution is 2.31. The summed E-state index contributed by atoms with van der Waals surface area (Å²) in [7, 11) is 0. The first-order valence-corrected chi connectivity index (χ1v) is 6.22. The van der Waals surface area contributed by atoms with E-state index in [1.807, 2.05) is 0 Å². The van der Waals surface area contributed by atoms with Gasteiger partial charge in [-0.15, -0.1) is 0 Å². The third-order valence-electron chi connectivity index (χ3n) is 3.59. The lowest BCUT2D eigenvalue weighted by molar-refractivity contribution is 0.107. The van der Waals surface area contributed by atoms with Crippen LogP contribution in [0.2, 0.25) is 0 Å². The van der Waals surface area contributed by atoms with Crippen molar-refractivity contribution in [2.45, 2.75) is 38.0 Å². The molecule has 0 spiro atoms. The number of rotatable bonds is 3. The zero-order valence-corrected chi connectivity index (χ0v) is 9.91. The molecule has 0 saturated carbocycles. The van der Waals surface area contributed by atoms with Crippen molar-refractivity contribution >= 4 is 6.72 Å². The fourth-order valence-corrected chi connectivity index (χ4v) is 2.69. The summed E-state index contributed by atoms with van der Waals surface area (Å²) in [5, 5.41) is 11.1. The van der Waals surface area contributed by atoms with Crippen molar-refractivity contribution in [1.82, 2.24) is 15.5 Å². The van der Waals surface area contributed by atoms with Crippen LogP contribution in [-0.2, 0) is 17.7 Å². The second kappa shape index (κ2) is 4.58. The van der Waals surface area contributed by atoms with Crippen LogP contribution in [0.4, 0.5) is 0 Å². The van der Waals surface area contributed by atoms with E-state index in [1.165, 1.54) is 11.3 Å². The molecule has 0 bridgehead atoms. The molecule has 1 saturated heterocycles. The first-order valence-electron chi connectivity index (χ1n) is 6.22. The molecule has 3 heterocycles. The molecule has 3 rings (SSSR count). The van der Waals surface area contributed by atoms with Crippen LogP contribution in [-0.4, -0.2) is 36.1 Å². The van der Waals surface area contributed by atoms with Gasteiger partial charge in [-0.05, 0) is 19.6 Å². The summed E-state index contributed by atoms with van der Waals surface area (Å²) in [5.41, 5.74) is 3.65. The van der Waals surface area contributed by atoms with Gasteiger partial charge >= 0.3 is 0 Å². The molecule has 5 heteroatoms. The lowest BCUT2D eigenvalue weighted by Gasteiger charge is -2.23. The number of nitrogens with zero attached hydrogens (tertiary/aromatic N) is 2. The smallest absolute Gasteiger partial charge is 0.102 e. The number of ether oxygens (including phenoxy) is 1. The molecule has 2 N–H and O–H groups in total. The van der Waals surface area contributed by atoms with Crippen LogP contribution in [0, 0.1) is 0 Å². The summed E-state index contributed by atoms with van der Waals surface area (Å²) >= 11 is 0.